The van der Waals surface area contributed by atoms with E-state index in [0.29, 0.717) is 26.6 Å². The fraction of sp³-hybridized carbons (Fsp3) is 0. The third kappa shape index (κ3) is 3.57. The van der Waals surface area contributed by atoms with Crippen LogP contribution >= 0.6 is 22.9 Å². The van der Waals surface area contributed by atoms with Crippen LogP contribution in [0.4, 0.5) is 10.0 Å². The molecule has 0 bridgehead atoms. The first-order valence-electron chi connectivity index (χ1n) is 7.54. The third-order valence-electron chi connectivity index (χ3n) is 3.68. The number of aromatic amines is 1. The van der Waals surface area contributed by atoms with Gasteiger partial charge in [-0.25, -0.2) is 13.6 Å². The number of benzene rings is 2. The van der Waals surface area contributed by atoms with E-state index < -0.39 is 10.0 Å². The summed E-state index contributed by atoms with van der Waals surface area (Å²) < 4.78 is 27.4. The van der Waals surface area contributed by atoms with Crippen LogP contribution in [-0.4, -0.2) is 17.8 Å². The molecule has 2 heterocycles. The van der Waals surface area contributed by atoms with Crippen molar-refractivity contribution >= 4 is 53.8 Å². The van der Waals surface area contributed by atoms with E-state index in [9.17, 15) is 13.2 Å². The zero-order valence-electron chi connectivity index (χ0n) is 13.5. The number of nitrogens with one attached hydrogen (secondary N) is 1. The van der Waals surface area contributed by atoms with Crippen LogP contribution in [0, 0.1) is 0 Å². The highest BCUT2D eigenvalue weighted by Gasteiger charge is 2.14. The number of hydrogen-bond acceptors (Lipinski definition) is 8. The lowest BCUT2D eigenvalue weighted by Crippen LogP contribution is -2.11. The van der Waals surface area contributed by atoms with Gasteiger partial charge in [-0.05, 0) is 29.7 Å². The largest absolute Gasteiger partial charge is 0.310 e. The number of primary sulfonamides is 1. The average molecular weight is 417 g/mol. The van der Waals surface area contributed by atoms with E-state index in [4.69, 9.17) is 5.14 Å². The Balaban J connectivity index is 1.77. The minimum absolute atomic E-state index is 0.0251. The van der Waals surface area contributed by atoms with Crippen molar-refractivity contribution in [3.63, 3.8) is 0 Å². The second-order valence-corrected chi connectivity index (χ2v) is 8.75. The van der Waals surface area contributed by atoms with E-state index in [0.717, 1.165) is 28.4 Å². The number of aromatic nitrogens is 2. The molecule has 0 aliphatic carbocycles. The highest BCUT2D eigenvalue weighted by Crippen LogP contribution is 2.36. The Labute approximate surface area is 161 Å². The van der Waals surface area contributed by atoms with Crippen LogP contribution in [-0.2, 0) is 10.0 Å². The lowest BCUT2D eigenvalue weighted by Gasteiger charge is -1.98. The minimum Gasteiger partial charge on any atom is -0.310 e. The Morgan fingerprint density at radius 2 is 1.78 bits per heavy atom. The Bertz CT molecular complexity index is 1320. The van der Waals surface area contributed by atoms with E-state index in [2.05, 4.69) is 19.6 Å². The first-order valence-corrected chi connectivity index (χ1v) is 10.7. The number of hydrogen-bond donors (Lipinski definition) is 2. The molecule has 8 nitrogen and oxygen atoms in total. The summed E-state index contributed by atoms with van der Waals surface area (Å²) in [6.45, 7) is 0. The van der Waals surface area contributed by atoms with Crippen molar-refractivity contribution in [2.45, 2.75) is 4.90 Å². The van der Waals surface area contributed by atoms with Crippen LogP contribution in [0.2, 0.25) is 0 Å². The lowest BCUT2D eigenvalue weighted by atomic mass is 10.2. The molecule has 27 heavy (non-hydrogen) atoms. The van der Waals surface area contributed by atoms with Crippen molar-refractivity contribution in [2.75, 3.05) is 0 Å². The second-order valence-electron chi connectivity index (χ2n) is 5.47. The van der Waals surface area contributed by atoms with Crippen molar-refractivity contribution in [1.82, 2.24) is 9.36 Å². The maximum atomic E-state index is 11.8. The molecule has 0 spiro atoms. The van der Waals surface area contributed by atoms with Gasteiger partial charge in [0, 0.05) is 10.9 Å². The molecule has 11 heteroatoms. The summed E-state index contributed by atoms with van der Waals surface area (Å²) >= 11 is 2.02. The second kappa shape index (κ2) is 6.78. The molecule has 0 atom stereocenters. The van der Waals surface area contributed by atoms with Gasteiger partial charge in [0.1, 0.15) is 0 Å². The van der Waals surface area contributed by atoms with Gasteiger partial charge in [-0.1, -0.05) is 41.7 Å². The topological polar surface area (TPSA) is 131 Å². The number of fused-ring (bicyclic) bond motifs is 1. The summed E-state index contributed by atoms with van der Waals surface area (Å²) in [5.41, 5.74) is 1.98. The first kappa shape index (κ1) is 17.7. The molecule has 136 valence electrons. The van der Waals surface area contributed by atoms with E-state index >= 15 is 0 Å². The number of sulfonamides is 1. The fourth-order valence-electron chi connectivity index (χ4n) is 2.44. The van der Waals surface area contributed by atoms with Gasteiger partial charge >= 0.3 is 4.87 Å². The fourth-order valence-corrected chi connectivity index (χ4v) is 4.34. The minimum atomic E-state index is -3.84. The highest BCUT2D eigenvalue weighted by atomic mass is 32.2. The molecule has 0 saturated carbocycles. The number of azo groups is 1. The summed E-state index contributed by atoms with van der Waals surface area (Å²) in [7, 11) is -3.84. The zero-order valence-corrected chi connectivity index (χ0v) is 15.9. The standard InChI is InChI=1S/C16H11N5O3S3/c17-27(23,24)10-6-7-12-11(8-10)14(26-21-12)19-20-15-13(18-16(22)25-15)9-4-2-1-3-5-9/h1-8H,(H,18,22)(H2,17,23,24). The van der Waals surface area contributed by atoms with Crippen molar-refractivity contribution in [2.24, 2.45) is 15.4 Å². The zero-order chi connectivity index (χ0) is 19.0. The quantitative estimate of drug-likeness (QED) is 0.489. The van der Waals surface area contributed by atoms with Crippen LogP contribution < -0.4 is 10.0 Å². The van der Waals surface area contributed by atoms with Crippen LogP contribution in [0.3, 0.4) is 0 Å². The highest BCUT2D eigenvalue weighted by molar-refractivity contribution is 7.89. The predicted molar refractivity (Wildman–Crippen MR) is 106 cm³/mol. The Hall–Kier alpha value is -2.73. The molecule has 0 fully saturated rings. The summed E-state index contributed by atoms with van der Waals surface area (Å²) in [6.07, 6.45) is 0. The summed E-state index contributed by atoms with van der Waals surface area (Å²) in [4.78, 5) is 14.3. The van der Waals surface area contributed by atoms with Gasteiger partial charge in [0.2, 0.25) is 10.0 Å². The number of rotatable bonds is 4. The van der Waals surface area contributed by atoms with E-state index in [-0.39, 0.29) is 9.77 Å². The molecule has 0 aliphatic rings. The monoisotopic (exact) mass is 417 g/mol. The first-order chi connectivity index (χ1) is 12.9. The molecule has 0 unspecified atom stereocenters. The van der Waals surface area contributed by atoms with Gasteiger partial charge in [-0.2, -0.15) is 4.37 Å². The summed E-state index contributed by atoms with van der Waals surface area (Å²) in [6, 6.07) is 13.7. The molecule has 3 N–H and O–H groups in total. The van der Waals surface area contributed by atoms with Crippen LogP contribution in [0.25, 0.3) is 22.2 Å². The maximum Gasteiger partial charge on any atom is 0.307 e. The molecule has 0 aliphatic heterocycles. The molecule has 0 radical (unpaired) electrons. The average Bonchev–Trinajstić information content (AvgIpc) is 3.22. The maximum absolute atomic E-state index is 11.8. The van der Waals surface area contributed by atoms with Crippen LogP contribution in [0.5, 0.6) is 0 Å². The van der Waals surface area contributed by atoms with Crippen molar-refractivity contribution in [1.29, 1.82) is 0 Å². The van der Waals surface area contributed by atoms with Crippen molar-refractivity contribution in [3.8, 4) is 11.3 Å². The number of H-pyrrole nitrogens is 1. The van der Waals surface area contributed by atoms with Crippen LogP contribution in [0.1, 0.15) is 0 Å². The lowest BCUT2D eigenvalue weighted by molar-refractivity contribution is 0.598. The van der Waals surface area contributed by atoms with Gasteiger partial charge in [0.25, 0.3) is 0 Å². The molecule has 2 aromatic heterocycles. The van der Waals surface area contributed by atoms with Crippen molar-refractivity contribution in [3.05, 3.63) is 58.2 Å². The number of thiazole rings is 1. The summed E-state index contributed by atoms with van der Waals surface area (Å²) in [5.74, 6) is 0. The molecular weight excluding hydrogens is 406 g/mol. The van der Waals surface area contributed by atoms with E-state index in [1.807, 2.05) is 30.3 Å². The Morgan fingerprint density at radius 3 is 2.52 bits per heavy atom. The molecule has 0 amide bonds. The number of nitrogens with zero attached hydrogens (tertiary/aromatic N) is 3. The molecule has 4 aromatic rings. The van der Waals surface area contributed by atoms with Crippen LogP contribution in [0.15, 0.2) is 68.4 Å². The summed E-state index contributed by atoms with van der Waals surface area (Å²) in [5, 5.41) is 14.9. The molecule has 4 rings (SSSR count). The van der Waals surface area contributed by atoms with Gasteiger partial charge in [0.05, 0.1) is 16.1 Å². The Morgan fingerprint density at radius 1 is 1.04 bits per heavy atom. The molecular formula is C16H11N5O3S3. The Kier molecular flexibility index (Phi) is 4.44. The molecule has 2 aromatic carbocycles. The normalized spacial score (nSPS) is 12.2. The van der Waals surface area contributed by atoms with Gasteiger partial charge < -0.3 is 4.98 Å². The molecule has 0 saturated heterocycles. The van der Waals surface area contributed by atoms with Gasteiger partial charge in [-0.3, -0.25) is 4.79 Å². The SMILES string of the molecule is NS(=O)(=O)c1ccc2nsc(N=Nc3sc(=O)[nH]c3-c3ccccc3)c2c1. The number of nitrogens with two attached hydrogens (primary N) is 1. The van der Waals surface area contributed by atoms with E-state index in [1.165, 1.54) is 12.1 Å². The van der Waals surface area contributed by atoms with Crippen molar-refractivity contribution < 1.29 is 8.42 Å². The smallest absolute Gasteiger partial charge is 0.307 e. The van der Waals surface area contributed by atoms with Gasteiger partial charge in [-0.15, -0.1) is 10.2 Å². The van der Waals surface area contributed by atoms with E-state index in [1.54, 1.807) is 6.07 Å². The predicted octanol–water partition coefficient (Wildman–Crippen LogP) is 3.78. The van der Waals surface area contributed by atoms with Gasteiger partial charge in [0.15, 0.2) is 10.0 Å². The third-order valence-corrected chi connectivity index (χ3v) is 6.12.